The number of benzene rings is 1. The van der Waals surface area contributed by atoms with E-state index in [4.69, 9.17) is 11.5 Å². The van der Waals surface area contributed by atoms with E-state index >= 15 is 0 Å². The molecule has 0 aliphatic rings. The average molecular weight is 236 g/mol. The number of nitrogens with one attached hydrogen (secondary N) is 1. The highest BCUT2D eigenvalue weighted by atomic mass is 16.1. The molecule has 1 aromatic rings. The number of hydrogen-bond donors (Lipinski definition) is 3. The van der Waals surface area contributed by atoms with Crippen molar-refractivity contribution in [1.29, 1.82) is 0 Å². The second kappa shape index (κ2) is 6.10. The Balaban J connectivity index is 2.52. The largest absolute Gasteiger partial charge is 0.399 e. The molecule has 0 saturated heterocycles. The Morgan fingerprint density at radius 3 is 2.41 bits per heavy atom. The molecule has 0 fully saturated rings. The zero-order chi connectivity index (χ0) is 12.8. The van der Waals surface area contributed by atoms with Gasteiger partial charge in [-0.25, -0.2) is 0 Å². The summed E-state index contributed by atoms with van der Waals surface area (Å²) in [6, 6.07) is 4.87. The fraction of sp³-hybridized carbons (Fsp3) is 0.417. The number of anilines is 2. The molecular weight excluding hydrogens is 216 g/mol. The summed E-state index contributed by atoms with van der Waals surface area (Å²) in [5.41, 5.74) is 12.8. The van der Waals surface area contributed by atoms with Gasteiger partial charge in [-0.1, -0.05) is 6.92 Å². The summed E-state index contributed by atoms with van der Waals surface area (Å²) in [7, 11) is 2.00. The van der Waals surface area contributed by atoms with Gasteiger partial charge in [-0.2, -0.15) is 0 Å². The molecule has 1 aromatic carbocycles. The van der Waals surface area contributed by atoms with Crippen LogP contribution in [-0.2, 0) is 0 Å². The molecule has 5 heteroatoms. The molecule has 0 heterocycles. The summed E-state index contributed by atoms with van der Waals surface area (Å²) in [5, 5.41) is 2.83. The van der Waals surface area contributed by atoms with E-state index in [0.717, 1.165) is 13.1 Å². The number of amides is 1. The number of nitrogens with two attached hydrogens (primary N) is 2. The molecule has 17 heavy (non-hydrogen) atoms. The molecule has 5 N–H and O–H groups in total. The van der Waals surface area contributed by atoms with E-state index < -0.39 is 0 Å². The maximum Gasteiger partial charge on any atom is 0.251 e. The lowest BCUT2D eigenvalue weighted by Crippen LogP contribution is -2.32. The second-order valence-corrected chi connectivity index (χ2v) is 4.04. The molecule has 94 valence electrons. The van der Waals surface area contributed by atoms with E-state index in [1.165, 1.54) is 0 Å². The van der Waals surface area contributed by atoms with Crippen LogP contribution >= 0.6 is 0 Å². The summed E-state index contributed by atoms with van der Waals surface area (Å²) >= 11 is 0. The molecule has 0 spiro atoms. The van der Waals surface area contributed by atoms with Gasteiger partial charge in [0, 0.05) is 30.0 Å². The molecular formula is C12H20N4O. The van der Waals surface area contributed by atoms with Crippen LogP contribution in [0.15, 0.2) is 18.2 Å². The third-order valence-electron chi connectivity index (χ3n) is 2.56. The Morgan fingerprint density at radius 1 is 1.29 bits per heavy atom. The summed E-state index contributed by atoms with van der Waals surface area (Å²) in [6.45, 7) is 4.46. The van der Waals surface area contributed by atoms with Crippen molar-refractivity contribution in [3.8, 4) is 0 Å². The van der Waals surface area contributed by atoms with Crippen LogP contribution in [0.1, 0.15) is 17.3 Å². The third kappa shape index (κ3) is 4.32. The highest BCUT2D eigenvalue weighted by Crippen LogP contribution is 2.13. The molecule has 0 aliphatic carbocycles. The predicted octanol–water partition coefficient (Wildman–Crippen LogP) is 0.533. The minimum atomic E-state index is -0.145. The minimum Gasteiger partial charge on any atom is -0.399 e. The van der Waals surface area contributed by atoms with Crippen LogP contribution in [0.3, 0.4) is 0 Å². The quantitative estimate of drug-likeness (QED) is 0.651. The van der Waals surface area contributed by atoms with Crippen molar-refractivity contribution in [2.75, 3.05) is 38.1 Å². The van der Waals surface area contributed by atoms with Crippen LogP contribution in [0.4, 0.5) is 11.4 Å². The predicted molar refractivity (Wildman–Crippen MR) is 70.8 cm³/mol. The van der Waals surface area contributed by atoms with E-state index in [1.54, 1.807) is 18.2 Å². The van der Waals surface area contributed by atoms with Gasteiger partial charge >= 0.3 is 0 Å². The van der Waals surface area contributed by atoms with Crippen molar-refractivity contribution in [2.24, 2.45) is 0 Å². The van der Waals surface area contributed by atoms with E-state index in [0.29, 0.717) is 23.5 Å². The maximum atomic E-state index is 11.8. The Labute approximate surface area is 102 Å². The van der Waals surface area contributed by atoms with Gasteiger partial charge in [0.15, 0.2) is 0 Å². The first-order valence-electron chi connectivity index (χ1n) is 5.65. The number of rotatable bonds is 5. The van der Waals surface area contributed by atoms with Crippen molar-refractivity contribution in [2.45, 2.75) is 6.92 Å². The van der Waals surface area contributed by atoms with Gasteiger partial charge in [-0.15, -0.1) is 0 Å². The highest BCUT2D eigenvalue weighted by molar-refractivity contribution is 5.96. The first kappa shape index (κ1) is 13.3. The van der Waals surface area contributed by atoms with Crippen molar-refractivity contribution in [3.05, 3.63) is 23.8 Å². The Morgan fingerprint density at radius 2 is 1.88 bits per heavy atom. The number of carbonyl (C=O) groups is 1. The lowest BCUT2D eigenvalue weighted by atomic mass is 10.1. The number of nitrogens with zero attached hydrogens (tertiary/aromatic N) is 1. The molecule has 0 radical (unpaired) electrons. The van der Waals surface area contributed by atoms with Crippen molar-refractivity contribution >= 4 is 17.3 Å². The van der Waals surface area contributed by atoms with Crippen LogP contribution in [0, 0.1) is 0 Å². The average Bonchev–Trinajstić information content (AvgIpc) is 2.27. The zero-order valence-corrected chi connectivity index (χ0v) is 10.4. The fourth-order valence-corrected chi connectivity index (χ4v) is 1.43. The smallest absolute Gasteiger partial charge is 0.251 e. The Bertz CT molecular complexity index is 372. The van der Waals surface area contributed by atoms with E-state index in [-0.39, 0.29) is 5.91 Å². The molecule has 0 unspecified atom stereocenters. The molecule has 0 atom stereocenters. The SMILES string of the molecule is CCN(C)CCNC(=O)c1cc(N)cc(N)c1. The van der Waals surface area contributed by atoms with Crippen LogP contribution in [-0.4, -0.2) is 37.5 Å². The third-order valence-corrected chi connectivity index (χ3v) is 2.56. The number of carbonyl (C=O) groups excluding carboxylic acids is 1. The number of nitrogen functional groups attached to an aromatic ring is 2. The van der Waals surface area contributed by atoms with Gasteiger partial charge in [0.1, 0.15) is 0 Å². The molecule has 1 amide bonds. The molecule has 0 saturated carbocycles. The summed E-state index contributed by atoms with van der Waals surface area (Å²) < 4.78 is 0. The fourth-order valence-electron chi connectivity index (χ4n) is 1.43. The lowest BCUT2D eigenvalue weighted by molar-refractivity contribution is 0.0950. The second-order valence-electron chi connectivity index (χ2n) is 4.04. The summed E-state index contributed by atoms with van der Waals surface area (Å²) in [4.78, 5) is 13.9. The maximum absolute atomic E-state index is 11.8. The monoisotopic (exact) mass is 236 g/mol. The normalized spacial score (nSPS) is 10.5. The number of likely N-dealkylation sites (N-methyl/N-ethyl adjacent to an activating group) is 1. The van der Waals surface area contributed by atoms with E-state index in [9.17, 15) is 4.79 Å². The lowest BCUT2D eigenvalue weighted by Gasteiger charge is -2.14. The van der Waals surface area contributed by atoms with Gasteiger partial charge in [-0.05, 0) is 31.8 Å². The minimum absolute atomic E-state index is 0.145. The molecule has 5 nitrogen and oxygen atoms in total. The summed E-state index contributed by atoms with van der Waals surface area (Å²) in [5.74, 6) is -0.145. The highest BCUT2D eigenvalue weighted by Gasteiger charge is 2.06. The van der Waals surface area contributed by atoms with Crippen molar-refractivity contribution in [3.63, 3.8) is 0 Å². The summed E-state index contributed by atoms with van der Waals surface area (Å²) in [6.07, 6.45) is 0. The van der Waals surface area contributed by atoms with E-state index in [2.05, 4.69) is 17.1 Å². The standard InChI is InChI=1S/C12H20N4O/c1-3-16(2)5-4-15-12(17)9-6-10(13)8-11(14)7-9/h6-8H,3-5,13-14H2,1-2H3,(H,15,17). The van der Waals surface area contributed by atoms with Gasteiger partial charge < -0.3 is 21.7 Å². The molecule has 0 bridgehead atoms. The van der Waals surface area contributed by atoms with Crippen molar-refractivity contribution < 1.29 is 4.79 Å². The van der Waals surface area contributed by atoms with Crippen LogP contribution in [0.5, 0.6) is 0 Å². The molecule has 0 aromatic heterocycles. The van der Waals surface area contributed by atoms with Gasteiger partial charge in [0.25, 0.3) is 5.91 Å². The van der Waals surface area contributed by atoms with Crippen LogP contribution < -0.4 is 16.8 Å². The topological polar surface area (TPSA) is 84.4 Å². The van der Waals surface area contributed by atoms with Crippen LogP contribution in [0.2, 0.25) is 0 Å². The zero-order valence-electron chi connectivity index (χ0n) is 10.4. The first-order valence-corrected chi connectivity index (χ1v) is 5.65. The van der Waals surface area contributed by atoms with Gasteiger partial charge in [0.05, 0.1) is 0 Å². The number of hydrogen-bond acceptors (Lipinski definition) is 4. The van der Waals surface area contributed by atoms with Gasteiger partial charge in [0.2, 0.25) is 0 Å². The Hall–Kier alpha value is -1.75. The van der Waals surface area contributed by atoms with Gasteiger partial charge in [-0.3, -0.25) is 4.79 Å². The molecule has 0 aliphatic heterocycles. The van der Waals surface area contributed by atoms with E-state index in [1.807, 2.05) is 7.05 Å². The van der Waals surface area contributed by atoms with Crippen molar-refractivity contribution in [1.82, 2.24) is 10.2 Å². The van der Waals surface area contributed by atoms with Crippen LogP contribution in [0.25, 0.3) is 0 Å². The molecule has 1 rings (SSSR count). The Kier molecular flexibility index (Phi) is 4.78. The first-order chi connectivity index (χ1) is 8.02.